The zero-order valence-electron chi connectivity index (χ0n) is 13.9. The Balaban J connectivity index is 2.80. The SMILES string of the molecule is CC(C)SCCS(=O)(=O)N(C)c1ccc(C(=O)C(C)C)cc1. The lowest BCUT2D eigenvalue weighted by atomic mass is 10.0. The van der Waals surface area contributed by atoms with E-state index in [2.05, 4.69) is 0 Å². The van der Waals surface area contributed by atoms with Crippen LogP contribution in [0.1, 0.15) is 38.1 Å². The fourth-order valence-corrected chi connectivity index (χ4v) is 4.27. The molecule has 0 radical (unpaired) electrons. The van der Waals surface area contributed by atoms with Crippen molar-refractivity contribution in [2.45, 2.75) is 32.9 Å². The van der Waals surface area contributed by atoms with Gasteiger partial charge >= 0.3 is 0 Å². The quantitative estimate of drug-likeness (QED) is 0.679. The number of rotatable bonds is 8. The van der Waals surface area contributed by atoms with E-state index in [0.29, 0.717) is 22.3 Å². The number of sulfonamides is 1. The maximum atomic E-state index is 12.3. The molecule has 6 heteroatoms. The van der Waals surface area contributed by atoms with Gasteiger partial charge in [-0.15, -0.1) is 0 Å². The summed E-state index contributed by atoms with van der Waals surface area (Å²) in [6.07, 6.45) is 0. The van der Waals surface area contributed by atoms with Crippen molar-refractivity contribution in [3.63, 3.8) is 0 Å². The van der Waals surface area contributed by atoms with Crippen molar-refractivity contribution in [3.05, 3.63) is 29.8 Å². The summed E-state index contributed by atoms with van der Waals surface area (Å²) in [5.74, 6) is 0.679. The van der Waals surface area contributed by atoms with E-state index in [1.807, 2.05) is 27.7 Å². The molecule has 124 valence electrons. The van der Waals surface area contributed by atoms with Gasteiger partial charge in [0.25, 0.3) is 0 Å². The Morgan fingerprint density at radius 2 is 1.68 bits per heavy atom. The molecule has 1 aromatic rings. The van der Waals surface area contributed by atoms with Gasteiger partial charge in [0.1, 0.15) is 0 Å². The minimum Gasteiger partial charge on any atom is -0.294 e. The van der Waals surface area contributed by atoms with Gasteiger partial charge in [0, 0.05) is 24.3 Å². The van der Waals surface area contributed by atoms with Crippen LogP contribution in [0.25, 0.3) is 0 Å². The number of hydrogen-bond acceptors (Lipinski definition) is 4. The van der Waals surface area contributed by atoms with E-state index >= 15 is 0 Å². The van der Waals surface area contributed by atoms with Gasteiger partial charge < -0.3 is 0 Å². The van der Waals surface area contributed by atoms with Gasteiger partial charge in [-0.2, -0.15) is 11.8 Å². The molecule has 0 aliphatic rings. The number of carbonyl (C=O) groups is 1. The van der Waals surface area contributed by atoms with Gasteiger partial charge in [0.15, 0.2) is 5.78 Å². The van der Waals surface area contributed by atoms with E-state index in [9.17, 15) is 13.2 Å². The smallest absolute Gasteiger partial charge is 0.235 e. The summed E-state index contributed by atoms with van der Waals surface area (Å²) >= 11 is 1.63. The van der Waals surface area contributed by atoms with Crippen LogP contribution in [0.5, 0.6) is 0 Å². The van der Waals surface area contributed by atoms with Crippen molar-refractivity contribution in [2.24, 2.45) is 5.92 Å². The first kappa shape index (κ1) is 19.0. The average Bonchev–Trinajstić information content (AvgIpc) is 2.45. The molecule has 0 amide bonds. The molecule has 0 saturated heterocycles. The summed E-state index contributed by atoms with van der Waals surface area (Å²) in [5, 5.41) is 0.418. The lowest BCUT2D eigenvalue weighted by Crippen LogP contribution is -2.30. The monoisotopic (exact) mass is 343 g/mol. The fourth-order valence-electron chi connectivity index (χ4n) is 1.86. The summed E-state index contributed by atoms with van der Waals surface area (Å²) in [4.78, 5) is 11.9. The van der Waals surface area contributed by atoms with Crippen molar-refractivity contribution < 1.29 is 13.2 Å². The number of nitrogens with zero attached hydrogens (tertiary/aromatic N) is 1. The first-order valence-electron chi connectivity index (χ1n) is 7.37. The fraction of sp³-hybridized carbons (Fsp3) is 0.562. The largest absolute Gasteiger partial charge is 0.294 e. The third-order valence-electron chi connectivity index (χ3n) is 3.25. The summed E-state index contributed by atoms with van der Waals surface area (Å²) in [6.45, 7) is 7.79. The number of ketones is 1. The van der Waals surface area contributed by atoms with Crippen LogP contribution in [-0.4, -0.2) is 38.0 Å². The highest BCUT2D eigenvalue weighted by Crippen LogP contribution is 2.20. The lowest BCUT2D eigenvalue weighted by Gasteiger charge is -2.20. The number of benzene rings is 1. The van der Waals surface area contributed by atoms with Gasteiger partial charge in [0.05, 0.1) is 11.4 Å². The molecule has 0 unspecified atom stereocenters. The maximum absolute atomic E-state index is 12.3. The van der Waals surface area contributed by atoms with E-state index in [4.69, 9.17) is 0 Å². The molecule has 0 atom stereocenters. The number of anilines is 1. The minimum atomic E-state index is -3.33. The van der Waals surface area contributed by atoms with Crippen LogP contribution in [0.4, 0.5) is 5.69 Å². The molecule has 0 spiro atoms. The Bertz CT molecular complexity index is 592. The summed E-state index contributed by atoms with van der Waals surface area (Å²) in [7, 11) is -1.78. The highest BCUT2D eigenvalue weighted by atomic mass is 32.2. The van der Waals surface area contributed by atoms with E-state index < -0.39 is 10.0 Å². The van der Waals surface area contributed by atoms with Crippen LogP contribution < -0.4 is 4.31 Å². The number of carbonyl (C=O) groups excluding carboxylic acids is 1. The zero-order chi connectivity index (χ0) is 16.9. The third kappa shape index (κ3) is 5.32. The third-order valence-corrected chi connectivity index (χ3v) is 6.38. The first-order valence-corrected chi connectivity index (χ1v) is 10.0. The van der Waals surface area contributed by atoms with Crippen LogP contribution in [-0.2, 0) is 10.0 Å². The predicted octanol–water partition coefficient (Wildman–Crippen LogP) is 3.43. The second-order valence-electron chi connectivity index (χ2n) is 5.77. The molecule has 0 N–H and O–H groups in total. The number of Topliss-reactive ketones (excluding diaryl/α,β-unsaturated/α-hetero) is 1. The van der Waals surface area contributed by atoms with Crippen LogP contribution in [0.3, 0.4) is 0 Å². The summed E-state index contributed by atoms with van der Waals surface area (Å²) < 4.78 is 25.9. The maximum Gasteiger partial charge on any atom is 0.235 e. The van der Waals surface area contributed by atoms with Crippen LogP contribution in [0.2, 0.25) is 0 Å². The molecule has 0 saturated carbocycles. The molecular weight excluding hydrogens is 318 g/mol. The number of hydrogen-bond donors (Lipinski definition) is 0. The summed E-state index contributed by atoms with van der Waals surface area (Å²) in [6, 6.07) is 6.74. The van der Waals surface area contributed by atoms with Crippen molar-refractivity contribution in [1.29, 1.82) is 0 Å². The minimum absolute atomic E-state index is 0.0605. The van der Waals surface area contributed by atoms with Crippen molar-refractivity contribution >= 4 is 33.3 Å². The Hall–Kier alpha value is -1.01. The average molecular weight is 344 g/mol. The van der Waals surface area contributed by atoms with Crippen molar-refractivity contribution in [2.75, 3.05) is 22.9 Å². The summed E-state index contributed by atoms with van der Waals surface area (Å²) in [5.41, 5.74) is 1.19. The molecule has 0 aliphatic carbocycles. The second-order valence-corrected chi connectivity index (χ2v) is 9.57. The van der Waals surface area contributed by atoms with Gasteiger partial charge in [-0.1, -0.05) is 27.7 Å². The second kappa shape index (κ2) is 8.02. The van der Waals surface area contributed by atoms with Gasteiger partial charge in [-0.25, -0.2) is 8.42 Å². The molecule has 0 heterocycles. The molecule has 22 heavy (non-hydrogen) atoms. The molecule has 4 nitrogen and oxygen atoms in total. The molecule has 0 aromatic heterocycles. The zero-order valence-corrected chi connectivity index (χ0v) is 15.5. The standard InChI is InChI=1S/C16H25NO3S2/c1-12(2)16(18)14-6-8-15(9-7-14)17(5)22(19,20)11-10-21-13(3)4/h6-9,12-13H,10-11H2,1-5H3. The lowest BCUT2D eigenvalue weighted by molar-refractivity contribution is 0.0939. The van der Waals surface area contributed by atoms with Gasteiger partial charge in [0.2, 0.25) is 10.0 Å². The highest BCUT2D eigenvalue weighted by molar-refractivity contribution is 8.01. The van der Waals surface area contributed by atoms with E-state index in [1.165, 1.54) is 4.31 Å². The molecule has 1 rings (SSSR count). The van der Waals surface area contributed by atoms with Crippen LogP contribution in [0.15, 0.2) is 24.3 Å². The van der Waals surface area contributed by atoms with Gasteiger partial charge in [-0.05, 0) is 29.5 Å². The molecular formula is C16H25NO3S2. The Kier molecular flexibility index (Phi) is 6.94. The van der Waals surface area contributed by atoms with E-state index in [1.54, 1.807) is 43.1 Å². The van der Waals surface area contributed by atoms with E-state index in [-0.39, 0.29) is 17.5 Å². The van der Waals surface area contributed by atoms with Crippen LogP contribution >= 0.6 is 11.8 Å². The van der Waals surface area contributed by atoms with Crippen LogP contribution in [0, 0.1) is 5.92 Å². The first-order chi connectivity index (χ1) is 10.1. The highest BCUT2D eigenvalue weighted by Gasteiger charge is 2.19. The molecule has 0 aliphatic heterocycles. The molecule has 1 aromatic carbocycles. The van der Waals surface area contributed by atoms with Crippen molar-refractivity contribution in [3.8, 4) is 0 Å². The van der Waals surface area contributed by atoms with Crippen molar-refractivity contribution in [1.82, 2.24) is 0 Å². The predicted molar refractivity (Wildman–Crippen MR) is 95.4 cm³/mol. The Labute approximate surface area is 138 Å². The van der Waals surface area contributed by atoms with E-state index in [0.717, 1.165) is 0 Å². The Morgan fingerprint density at radius 3 is 2.14 bits per heavy atom. The van der Waals surface area contributed by atoms with Gasteiger partial charge in [-0.3, -0.25) is 9.10 Å². The normalized spacial score (nSPS) is 12.0. The topological polar surface area (TPSA) is 54.5 Å². The molecule has 0 bridgehead atoms. The number of thioether (sulfide) groups is 1. The molecule has 0 fully saturated rings. The Morgan fingerprint density at radius 1 is 1.14 bits per heavy atom.